The van der Waals surface area contributed by atoms with Gasteiger partial charge in [-0.2, -0.15) is 0 Å². The zero-order valence-electron chi connectivity index (χ0n) is 15.9. The number of hydrogen-bond acceptors (Lipinski definition) is 5. The van der Waals surface area contributed by atoms with Crippen LogP contribution in [0.3, 0.4) is 0 Å². The Labute approximate surface area is 154 Å². The predicted octanol–water partition coefficient (Wildman–Crippen LogP) is 3.11. The van der Waals surface area contributed by atoms with E-state index in [-0.39, 0.29) is 10.8 Å². The third kappa shape index (κ3) is 4.70. The molecule has 7 nitrogen and oxygen atoms in total. The van der Waals surface area contributed by atoms with Crippen molar-refractivity contribution in [1.29, 1.82) is 0 Å². The van der Waals surface area contributed by atoms with E-state index in [1.54, 1.807) is 53.7 Å². The molecule has 8 heteroatoms. The van der Waals surface area contributed by atoms with Gasteiger partial charge >= 0.3 is 0 Å². The molecule has 1 unspecified atom stereocenters. The Morgan fingerprint density at radius 3 is 2.42 bits per heavy atom. The molecule has 1 heterocycles. The highest BCUT2D eigenvalue weighted by Gasteiger charge is 2.24. The summed E-state index contributed by atoms with van der Waals surface area (Å²) in [6, 6.07) is 6.16. The molecule has 142 valence electrons. The Kier molecular flexibility index (Phi) is 5.58. The van der Waals surface area contributed by atoms with Crippen molar-refractivity contribution in [3.05, 3.63) is 41.3 Å². The van der Waals surface area contributed by atoms with Crippen LogP contribution in [0, 0.1) is 13.8 Å². The van der Waals surface area contributed by atoms with E-state index in [9.17, 15) is 13.2 Å². The zero-order chi connectivity index (χ0) is 19.7. The second-order valence-electron chi connectivity index (χ2n) is 7.33. The van der Waals surface area contributed by atoms with Crippen molar-refractivity contribution in [3.8, 4) is 0 Å². The van der Waals surface area contributed by atoms with Gasteiger partial charge in [-0.05, 0) is 59.7 Å². The number of rotatable bonds is 5. The highest BCUT2D eigenvalue weighted by atomic mass is 32.2. The number of aryl methyl sites for hydroxylation is 2. The zero-order valence-corrected chi connectivity index (χ0v) is 16.7. The second kappa shape index (κ2) is 7.20. The van der Waals surface area contributed by atoms with Crippen molar-refractivity contribution < 1.29 is 17.7 Å². The number of aromatic nitrogens is 1. The summed E-state index contributed by atoms with van der Waals surface area (Å²) in [5.41, 5.74) is 1.21. The van der Waals surface area contributed by atoms with Gasteiger partial charge in [-0.25, -0.2) is 13.1 Å². The Morgan fingerprint density at radius 1 is 1.23 bits per heavy atom. The van der Waals surface area contributed by atoms with E-state index in [2.05, 4.69) is 15.2 Å². The SMILES string of the molecule is Cc1noc(C)c1C(C)C(=O)Nc1cccc(S(=O)(=O)NC(C)(C)C)c1. The van der Waals surface area contributed by atoms with Gasteiger partial charge in [-0.15, -0.1) is 0 Å². The van der Waals surface area contributed by atoms with Crippen LogP contribution in [0.25, 0.3) is 0 Å². The number of benzene rings is 1. The summed E-state index contributed by atoms with van der Waals surface area (Å²) in [7, 11) is -3.68. The monoisotopic (exact) mass is 379 g/mol. The molecule has 1 aromatic carbocycles. The van der Waals surface area contributed by atoms with E-state index in [1.807, 2.05) is 0 Å². The molecule has 0 saturated carbocycles. The maximum atomic E-state index is 12.6. The Balaban J connectivity index is 2.22. The summed E-state index contributed by atoms with van der Waals surface area (Å²) >= 11 is 0. The number of amides is 1. The molecule has 1 aromatic heterocycles. The Morgan fingerprint density at radius 2 is 1.88 bits per heavy atom. The van der Waals surface area contributed by atoms with E-state index >= 15 is 0 Å². The maximum Gasteiger partial charge on any atom is 0.241 e. The van der Waals surface area contributed by atoms with Crippen molar-refractivity contribution in [1.82, 2.24) is 9.88 Å². The fraction of sp³-hybridized carbons (Fsp3) is 0.444. The lowest BCUT2D eigenvalue weighted by Gasteiger charge is -2.20. The number of anilines is 1. The lowest BCUT2D eigenvalue weighted by molar-refractivity contribution is -0.117. The lowest BCUT2D eigenvalue weighted by atomic mass is 9.98. The van der Waals surface area contributed by atoms with Crippen LogP contribution in [0.5, 0.6) is 0 Å². The Bertz CT molecular complexity index is 891. The molecule has 0 radical (unpaired) electrons. The van der Waals surface area contributed by atoms with Gasteiger partial charge in [0.1, 0.15) is 5.76 Å². The van der Waals surface area contributed by atoms with Crippen molar-refractivity contribution in [3.63, 3.8) is 0 Å². The van der Waals surface area contributed by atoms with Gasteiger partial charge in [0.15, 0.2) is 0 Å². The molecule has 0 fully saturated rings. The molecule has 0 saturated heterocycles. The fourth-order valence-corrected chi connectivity index (χ4v) is 4.16. The number of hydrogen-bond donors (Lipinski definition) is 2. The summed E-state index contributed by atoms with van der Waals surface area (Å²) in [4.78, 5) is 12.7. The number of carbonyl (C=O) groups is 1. The highest BCUT2D eigenvalue weighted by molar-refractivity contribution is 7.89. The van der Waals surface area contributed by atoms with Gasteiger partial charge in [-0.3, -0.25) is 4.79 Å². The summed E-state index contributed by atoms with van der Waals surface area (Å²) in [6.07, 6.45) is 0. The molecule has 1 amide bonds. The van der Waals surface area contributed by atoms with Crippen LogP contribution in [-0.2, 0) is 14.8 Å². The first-order chi connectivity index (χ1) is 11.9. The predicted molar refractivity (Wildman–Crippen MR) is 99.5 cm³/mol. The second-order valence-corrected chi connectivity index (χ2v) is 9.01. The minimum Gasteiger partial charge on any atom is -0.361 e. The molecule has 0 aliphatic rings. The molecule has 0 aliphatic heterocycles. The number of nitrogens with zero attached hydrogens (tertiary/aromatic N) is 1. The number of carbonyl (C=O) groups excluding carboxylic acids is 1. The standard InChI is InChI=1S/C18H25N3O4S/c1-11(16-12(2)20-25-13(16)3)17(22)19-14-8-7-9-15(10-14)26(23,24)21-18(4,5)6/h7-11,21H,1-6H3,(H,19,22). The lowest BCUT2D eigenvalue weighted by Crippen LogP contribution is -2.40. The van der Waals surface area contributed by atoms with E-state index in [0.29, 0.717) is 17.1 Å². The van der Waals surface area contributed by atoms with Crippen LogP contribution in [0.15, 0.2) is 33.7 Å². The molecular formula is C18H25N3O4S. The van der Waals surface area contributed by atoms with Crippen LogP contribution < -0.4 is 10.0 Å². The van der Waals surface area contributed by atoms with E-state index in [1.165, 1.54) is 12.1 Å². The minimum absolute atomic E-state index is 0.0928. The topological polar surface area (TPSA) is 101 Å². The van der Waals surface area contributed by atoms with E-state index in [0.717, 1.165) is 5.56 Å². The fourth-order valence-electron chi connectivity index (χ4n) is 2.69. The third-order valence-electron chi connectivity index (χ3n) is 3.77. The van der Waals surface area contributed by atoms with Crippen LogP contribution in [-0.4, -0.2) is 25.0 Å². The van der Waals surface area contributed by atoms with Gasteiger partial charge in [0.2, 0.25) is 15.9 Å². The molecule has 2 rings (SSSR count). The van der Waals surface area contributed by atoms with Gasteiger partial charge in [0.25, 0.3) is 0 Å². The quantitative estimate of drug-likeness (QED) is 0.831. The average Bonchev–Trinajstić information content (AvgIpc) is 2.83. The van der Waals surface area contributed by atoms with Crippen molar-refractivity contribution in [2.45, 2.75) is 57.9 Å². The highest BCUT2D eigenvalue weighted by Crippen LogP contribution is 2.25. The average molecular weight is 379 g/mol. The summed E-state index contributed by atoms with van der Waals surface area (Å²) in [5, 5.41) is 6.62. The summed E-state index contributed by atoms with van der Waals surface area (Å²) < 4.78 is 32.6. The van der Waals surface area contributed by atoms with Crippen molar-refractivity contribution >= 4 is 21.6 Å². The maximum absolute atomic E-state index is 12.6. The third-order valence-corrected chi connectivity index (χ3v) is 5.52. The smallest absolute Gasteiger partial charge is 0.241 e. The minimum atomic E-state index is -3.68. The molecule has 2 N–H and O–H groups in total. The number of sulfonamides is 1. The van der Waals surface area contributed by atoms with Crippen LogP contribution in [0.1, 0.15) is 50.6 Å². The van der Waals surface area contributed by atoms with Gasteiger partial charge < -0.3 is 9.84 Å². The van der Waals surface area contributed by atoms with Gasteiger partial charge in [0.05, 0.1) is 16.5 Å². The molecule has 26 heavy (non-hydrogen) atoms. The Hall–Kier alpha value is -2.19. The normalized spacial score (nSPS) is 13.5. The molecule has 1 atom stereocenters. The van der Waals surface area contributed by atoms with Crippen LogP contribution >= 0.6 is 0 Å². The van der Waals surface area contributed by atoms with Gasteiger partial charge in [0, 0.05) is 16.8 Å². The molecule has 0 aliphatic carbocycles. The van der Waals surface area contributed by atoms with Crippen molar-refractivity contribution in [2.75, 3.05) is 5.32 Å². The molecular weight excluding hydrogens is 354 g/mol. The van der Waals surface area contributed by atoms with Crippen molar-refractivity contribution in [2.24, 2.45) is 0 Å². The first-order valence-corrected chi connectivity index (χ1v) is 9.77. The van der Waals surface area contributed by atoms with Crippen LogP contribution in [0.2, 0.25) is 0 Å². The van der Waals surface area contributed by atoms with E-state index in [4.69, 9.17) is 4.52 Å². The first kappa shape index (κ1) is 20.1. The molecule has 0 bridgehead atoms. The molecule has 2 aromatic rings. The van der Waals surface area contributed by atoms with Gasteiger partial charge in [-0.1, -0.05) is 11.2 Å². The largest absolute Gasteiger partial charge is 0.361 e. The summed E-state index contributed by atoms with van der Waals surface area (Å²) in [6.45, 7) is 10.6. The molecule has 0 spiro atoms. The number of nitrogens with one attached hydrogen (secondary N) is 2. The van der Waals surface area contributed by atoms with E-state index < -0.39 is 21.5 Å². The van der Waals surface area contributed by atoms with Crippen LogP contribution in [0.4, 0.5) is 5.69 Å². The summed E-state index contributed by atoms with van der Waals surface area (Å²) in [5.74, 6) is -0.150. The first-order valence-electron chi connectivity index (χ1n) is 8.28.